The van der Waals surface area contributed by atoms with Crippen LogP contribution < -0.4 is 9.47 Å². The van der Waals surface area contributed by atoms with E-state index in [2.05, 4.69) is 17.1 Å². The highest BCUT2D eigenvalue weighted by atomic mass is 16.7. The molecule has 1 aromatic heterocycles. The maximum Gasteiger partial charge on any atom is 0.254 e. The number of hydrogen-bond donors (Lipinski definition) is 0. The molecule has 2 heterocycles. The van der Waals surface area contributed by atoms with E-state index in [0.29, 0.717) is 29.9 Å². The normalized spacial score (nSPS) is 24.4. The van der Waals surface area contributed by atoms with Crippen molar-refractivity contribution >= 4 is 5.91 Å². The lowest BCUT2D eigenvalue weighted by atomic mass is 9.92. The second kappa shape index (κ2) is 6.72. The predicted octanol–water partition coefficient (Wildman–Crippen LogP) is 3.66. The minimum Gasteiger partial charge on any atom is -0.454 e. The first-order valence-electron chi connectivity index (χ1n) is 9.52. The molecular formula is C22H22N2O3. The van der Waals surface area contributed by atoms with E-state index in [1.807, 2.05) is 23.1 Å². The summed E-state index contributed by atoms with van der Waals surface area (Å²) < 4.78 is 10.9. The highest BCUT2D eigenvalue weighted by molar-refractivity contribution is 5.94. The lowest BCUT2D eigenvalue weighted by Gasteiger charge is -2.29. The summed E-state index contributed by atoms with van der Waals surface area (Å²) in [5, 5.41) is 0. The molecule has 3 atom stereocenters. The maximum atomic E-state index is 13.2. The molecule has 0 unspecified atom stereocenters. The average molecular weight is 362 g/mol. The van der Waals surface area contributed by atoms with Gasteiger partial charge in [0.15, 0.2) is 11.5 Å². The number of carbonyl (C=O) groups excluding carboxylic acids is 1. The molecule has 1 amide bonds. The summed E-state index contributed by atoms with van der Waals surface area (Å²) in [6.45, 7) is 1.60. The van der Waals surface area contributed by atoms with Gasteiger partial charge in [0.25, 0.3) is 5.91 Å². The Morgan fingerprint density at radius 1 is 1.07 bits per heavy atom. The number of benzene rings is 1. The highest BCUT2D eigenvalue weighted by Crippen LogP contribution is 2.44. The van der Waals surface area contributed by atoms with Crippen LogP contribution in [0.3, 0.4) is 0 Å². The summed E-state index contributed by atoms with van der Waals surface area (Å²) in [7, 11) is 0. The Kier molecular flexibility index (Phi) is 4.07. The quantitative estimate of drug-likeness (QED) is 0.762. The van der Waals surface area contributed by atoms with E-state index in [1.165, 1.54) is 12.8 Å². The van der Waals surface area contributed by atoms with Gasteiger partial charge in [0.2, 0.25) is 6.79 Å². The molecule has 0 radical (unpaired) electrons. The molecule has 5 heteroatoms. The zero-order valence-electron chi connectivity index (χ0n) is 15.1. The molecule has 0 saturated heterocycles. The number of aromatic nitrogens is 1. The van der Waals surface area contributed by atoms with Crippen molar-refractivity contribution in [1.29, 1.82) is 0 Å². The first kappa shape index (κ1) is 16.4. The summed E-state index contributed by atoms with van der Waals surface area (Å²) in [4.78, 5) is 19.2. The van der Waals surface area contributed by atoms with E-state index in [0.717, 1.165) is 23.6 Å². The van der Waals surface area contributed by atoms with Crippen LogP contribution in [-0.2, 0) is 6.54 Å². The van der Waals surface area contributed by atoms with Gasteiger partial charge in [-0.2, -0.15) is 0 Å². The number of rotatable bonds is 5. The summed E-state index contributed by atoms with van der Waals surface area (Å²) in [5.74, 6) is 3.43. The zero-order valence-corrected chi connectivity index (χ0v) is 15.1. The van der Waals surface area contributed by atoms with Crippen molar-refractivity contribution < 1.29 is 14.3 Å². The van der Waals surface area contributed by atoms with E-state index in [9.17, 15) is 4.79 Å². The fraction of sp³-hybridized carbons (Fsp3) is 0.364. The summed E-state index contributed by atoms with van der Waals surface area (Å²) >= 11 is 0. The van der Waals surface area contributed by atoms with Gasteiger partial charge in [0.05, 0.1) is 0 Å². The number of hydrogen-bond acceptors (Lipinski definition) is 4. The monoisotopic (exact) mass is 362 g/mol. The molecule has 2 bridgehead atoms. The average Bonchev–Trinajstić information content (AvgIpc) is 3.44. The fourth-order valence-corrected chi connectivity index (χ4v) is 4.54. The van der Waals surface area contributed by atoms with Gasteiger partial charge in [-0.1, -0.05) is 18.2 Å². The Balaban J connectivity index is 1.39. The van der Waals surface area contributed by atoms with Crippen molar-refractivity contribution in [1.82, 2.24) is 9.88 Å². The van der Waals surface area contributed by atoms with Crippen molar-refractivity contribution in [2.24, 2.45) is 17.8 Å². The van der Waals surface area contributed by atoms with Crippen molar-refractivity contribution in [3.8, 4) is 11.5 Å². The number of pyridine rings is 1. The van der Waals surface area contributed by atoms with E-state index in [4.69, 9.17) is 9.47 Å². The van der Waals surface area contributed by atoms with Crippen LogP contribution in [0.1, 0.15) is 28.8 Å². The molecule has 1 fully saturated rings. The number of fused-ring (bicyclic) bond motifs is 3. The summed E-state index contributed by atoms with van der Waals surface area (Å²) in [6, 6.07) is 9.50. The van der Waals surface area contributed by atoms with Crippen LogP contribution in [0.5, 0.6) is 11.5 Å². The molecule has 1 aromatic carbocycles. The third-order valence-electron chi connectivity index (χ3n) is 5.90. The van der Waals surface area contributed by atoms with Crippen LogP contribution in [0.2, 0.25) is 0 Å². The highest BCUT2D eigenvalue weighted by Gasteiger charge is 2.37. The van der Waals surface area contributed by atoms with E-state index in [1.54, 1.807) is 24.5 Å². The summed E-state index contributed by atoms with van der Waals surface area (Å²) in [5.41, 5.74) is 1.74. The van der Waals surface area contributed by atoms with E-state index in [-0.39, 0.29) is 12.7 Å². The molecule has 27 heavy (non-hydrogen) atoms. The van der Waals surface area contributed by atoms with Crippen LogP contribution in [0, 0.1) is 17.8 Å². The van der Waals surface area contributed by atoms with Crippen LogP contribution >= 0.6 is 0 Å². The first-order chi connectivity index (χ1) is 13.3. The van der Waals surface area contributed by atoms with Gasteiger partial charge in [0.1, 0.15) is 0 Å². The SMILES string of the molecule is O=C(c1ccncc1)N(Cc1ccc2c(c1)OCO2)C[C@H]1C[C@H]2C=C[C@H]1C2. The number of amides is 1. The Bertz CT molecular complexity index is 880. The smallest absolute Gasteiger partial charge is 0.254 e. The maximum absolute atomic E-state index is 13.2. The minimum absolute atomic E-state index is 0.0572. The van der Waals surface area contributed by atoms with E-state index >= 15 is 0 Å². The number of carbonyl (C=O) groups is 1. The molecule has 3 aliphatic rings. The fourth-order valence-electron chi connectivity index (χ4n) is 4.54. The molecule has 2 aliphatic carbocycles. The molecule has 5 rings (SSSR count). The number of allylic oxidation sites excluding steroid dienone is 2. The molecule has 2 aromatic rings. The molecule has 1 saturated carbocycles. The van der Waals surface area contributed by atoms with Crippen molar-refractivity contribution in [3.63, 3.8) is 0 Å². The van der Waals surface area contributed by atoms with Crippen LogP contribution in [0.4, 0.5) is 0 Å². The first-order valence-corrected chi connectivity index (χ1v) is 9.52. The molecular weight excluding hydrogens is 340 g/mol. The Labute approximate surface area is 158 Å². The Morgan fingerprint density at radius 2 is 1.93 bits per heavy atom. The third-order valence-corrected chi connectivity index (χ3v) is 5.90. The van der Waals surface area contributed by atoms with Crippen molar-refractivity contribution in [3.05, 3.63) is 66.0 Å². The van der Waals surface area contributed by atoms with E-state index < -0.39 is 0 Å². The Morgan fingerprint density at radius 3 is 2.70 bits per heavy atom. The van der Waals surface area contributed by atoms with Crippen LogP contribution in [0.15, 0.2) is 54.9 Å². The lowest BCUT2D eigenvalue weighted by Crippen LogP contribution is -2.36. The number of ether oxygens (including phenoxy) is 2. The largest absolute Gasteiger partial charge is 0.454 e. The molecule has 0 spiro atoms. The zero-order chi connectivity index (χ0) is 18.2. The van der Waals surface area contributed by atoms with Crippen molar-refractivity contribution in [2.75, 3.05) is 13.3 Å². The molecule has 138 valence electrons. The van der Waals surface area contributed by atoms with Gasteiger partial charge in [-0.05, 0) is 60.4 Å². The topological polar surface area (TPSA) is 51.7 Å². The second-order valence-corrected chi connectivity index (χ2v) is 7.65. The molecule has 1 aliphatic heterocycles. The van der Waals surface area contributed by atoms with Gasteiger partial charge in [-0.3, -0.25) is 9.78 Å². The van der Waals surface area contributed by atoms with Crippen LogP contribution in [0.25, 0.3) is 0 Å². The Hall–Kier alpha value is -2.82. The van der Waals surface area contributed by atoms with Crippen molar-refractivity contribution in [2.45, 2.75) is 19.4 Å². The second-order valence-electron chi connectivity index (χ2n) is 7.65. The number of nitrogens with zero attached hydrogens (tertiary/aromatic N) is 2. The standard InChI is InChI=1S/C22H22N2O3/c25-22(17-5-7-23-8-6-17)24(13-19-10-15-1-3-18(19)9-15)12-16-2-4-20-21(11-16)27-14-26-20/h1-8,11,15,18-19H,9-10,12-14H2/t15-,18-,19+/m0/s1. The molecule has 5 nitrogen and oxygen atoms in total. The minimum atomic E-state index is 0.0572. The summed E-state index contributed by atoms with van der Waals surface area (Å²) in [6.07, 6.45) is 10.5. The predicted molar refractivity (Wildman–Crippen MR) is 100 cm³/mol. The third kappa shape index (κ3) is 3.18. The van der Waals surface area contributed by atoms with Gasteiger partial charge in [-0.25, -0.2) is 0 Å². The van der Waals surface area contributed by atoms with Gasteiger partial charge >= 0.3 is 0 Å². The van der Waals surface area contributed by atoms with Gasteiger partial charge in [0, 0.05) is 31.0 Å². The molecule has 0 N–H and O–H groups in total. The lowest BCUT2D eigenvalue weighted by molar-refractivity contribution is 0.0704. The van der Waals surface area contributed by atoms with Gasteiger partial charge < -0.3 is 14.4 Å². The van der Waals surface area contributed by atoms with Gasteiger partial charge in [-0.15, -0.1) is 0 Å². The van der Waals surface area contributed by atoms with Crippen LogP contribution in [-0.4, -0.2) is 29.1 Å².